The summed E-state index contributed by atoms with van der Waals surface area (Å²) in [4.78, 5) is 11.8. The summed E-state index contributed by atoms with van der Waals surface area (Å²) in [6, 6.07) is 9.44. The summed E-state index contributed by atoms with van der Waals surface area (Å²) in [6.45, 7) is 6.99. The van der Waals surface area contributed by atoms with E-state index in [9.17, 15) is 4.79 Å². The Morgan fingerprint density at radius 3 is 2.52 bits per heavy atom. The van der Waals surface area contributed by atoms with E-state index in [0.717, 1.165) is 18.9 Å². The molecule has 1 aliphatic carbocycles. The van der Waals surface area contributed by atoms with Gasteiger partial charge in [-0.25, -0.2) is 0 Å². The first kappa shape index (κ1) is 16.0. The molecule has 1 saturated carbocycles. The third kappa shape index (κ3) is 5.16. The van der Waals surface area contributed by atoms with Crippen LogP contribution >= 0.6 is 0 Å². The third-order valence-corrected chi connectivity index (χ3v) is 4.27. The van der Waals surface area contributed by atoms with Crippen molar-refractivity contribution in [1.82, 2.24) is 10.6 Å². The van der Waals surface area contributed by atoms with Crippen LogP contribution < -0.4 is 10.6 Å². The van der Waals surface area contributed by atoms with Crippen LogP contribution in [0.2, 0.25) is 0 Å². The van der Waals surface area contributed by atoms with E-state index in [1.165, 1.54) is 24.0 Å². The second-order valence-corrected chi connectivity index (χ2v) is 6.31. The van der Waals surface area contributed by atoms with Crippen molar-refractivity contribution in [3.63, 3.8) is 0 Å². The van der Waals surface area contributed by atoms with Gasteiger partial charge >= 0.3 is 0 Å². The highest BCUT2D eigenvalue weighted by molar-refractivity contribution is 5.76. The maximum absolute atomic E-state index is 11.8. The van der Waals surface area contributed by atoms with Gasteiger partial charge in [-0.05, 0) is 44.6 Å². The maximum atomic E-state index is 11.8. The van der Waals surface area contributed by atoms with Crippen molar-refractivity contribution >= 4 is 5.91 Å². The highest BCUT2D eigenvalue weighted by atomic mass is 16.1. The lowest BCUT2D eigenvalue weighted by Crippen LogP contribution is -2.35. The maximum Gasteiger partial charge on any atom is 0.221 e. The average molecular weight is 288 g/mol. The van der Waals surface area contributed by atoms with Crippen molar-refractivity contribution in [1.29, 1.82) is 0 Å². The van der Waals surface area contributed by atoms with Crippen molar-refractivity contribution in [3.05, 3.63) is 35.4 Å². The van der Waals surface area contributed by atoms with Gasteiger partial charge in [0.15, 0.2) is 0 Å². The van der Waals surface area contributed by atoms with Gasteiger partial charge in [0.25, 0.3) is 0 Å². The molecular weight excluding hydrogens is 260 g/mol. The van der Waals surface area contributed by atoms with E-state index in [2.05, 4.69) is 48.7 Å². The molecule has 0 spiro atoms. The number of carbonyl (C=O) groups is 1. The van der Waals surface area contributed by atoms with Crippen LogP contribution in [0.5, 0.6) is 0 Å². The Kier molecular flexibility index (Phi) is 5.80. The number of rotatable bonds is 8. The summed E-state index contributed by atoms with van der Waals surface area (Å²) in [7, 11) is 0. The second-order valence-electron chi connectivity index (χ2n) is 6.31. The Morgan fingerprint density at radius 1 is 1.29 bits per heavy atom. The number of benzene rings is 1. The molecule has 2 N–H and O–H groups in total. The predicted molar refractivity (Wildman–Crippen MR) is 87.2 cm³/mol. The van der Waals surface area contributed by atoms with Crippen LogP contribution in [0, 0.1) is 12.8 Å². The molecule has 2 rings (SSSR count). The van der Waals surface area contributed by atoms with E-state index in [1.54, 1.807) is 0 Å². The van der Waals surface area contributed by atoms with E-state index in [4.69, 9.17) is 0 Å². The first-order chi connectivity index (χ1) is 10.1. The molecule has 0 saturated heterocycles. The van der Waals surface area contributed by atoms with E-state index in [1.807, 2.05) is 6.92 Å². The van der Waals surface area contributed by atoms with E-state index >= 15 is 0 Å². The molecule has 0 radical (unpaired) electrons. The van der Waals surface area contributed by atoms with Gasteiger partial charge in [-0.15, -0.1) is 0 Å². The molecule has 116 valence electrons. The second kappa shape index (κ2) is 7.60. The number of carbonyl (C=O) groups excluding carboxylic acids is 1. The summed E-state index contributed by atoms with van der Waals surface area (Å²) >= 11 is 0. The molecule has 1 aromatic carbocycles. The zero-order valence-corrected chi connectivity index (χ0v) is 13.5. The van der Waals surface area contributed by atoms with Crippen molar-refractivity contribution in [2.45, 2.75) is 58.5 Å². The summed E-state index contributed by atoms with van der Waals surface area (Å²) in [6.07, 6.45) is 4.13. The minimum atomic E-state index is 0.148. The lowest BCUT2D eigenvalue weighted by Gasteiger charge is -2.19. The van der Waals surface area contributed by atoms with Gasteiger partial charge in [-0.3, -0.25) is 4.79 Å². The molecular formula is C18H28N2O. The molecule has 0 heterocycles. The number of aryl methyl sites for hydroxylation is 1. The van der Waals surface area contributed by atoms with E-state index in [0.29, 0.717) is 12.5 Å². The molecule has 0 aromatic heterocycles. The van der Waals surface area contributed by atoms with Crippen molar-refractivity contribution < 1.29 is 4.79 Å². The van der Waals surface area contributed by atoms with E-state index in [-0.39, 0.29) is 11.9 Å². The molecule has 1 aliphatic rings. The van der Waals surface area contributed by atoms with Gasteiger partial charge in [-0.1, -0.05) is 36.8 Å². The smallest absolute Gasteiger partial charge is 0.221 e. The number of hydrogen-bond acceptors (Lipinski definition) is 2. The summed E-state index contributed by atoms with van der Waals surface area (Å²) < 4.78 is 0. The van der Waals surface area contributed by atoms with Gasteiger partial charge in [-0.2, -0.15) is 0 Å². The Bertz CT molecular complexity index is 451. The lowest BCUT2D eigenvalue weighted by molar-refractivity contribution is -0.121. The van der Waals surface area contributed by atoms with Crippen LogP contribution in [-0.4, -0.2) is 18.5 Å². The zero-order chi connectivity index (χ0) is 15.2. The van der Waals surface area contributed by atoms with Gasteiger partial charge in [0.05, 0.1) is 0 Å². The van der Waals surface area contributed by atoms with Crippen LogP contribution in [0.15, 0.2) is 24.3 Å². The minimum Gasteiger partial charge on any atom is -0.354 e. The van der Waals surface area contributed by atoms with Gasteiger partial charge in [0, 0.05) is 25.0 Å². The molecule has 21 heavy (non-hydrogen) atoms. The Balaban J connectivity index is 1.81. The first-order valence-corrected chi connectivity index (χ1v) is 8.19. The van der Waals surface area contributed by atoms with Crippen LogP contribution in [0.25, 0.3) is 0 Å². The topological polar surface area (TPSA) is 41.1 Å². The lowest BCUT2D eigenvalue weighted by atomic mass is 10.0. The molecule has 2 atom stereocenters. The molecule has 0 bridgehead atoms. The SMILES string of the molecule is CCC(C)NC(=O)CCNC(c1ccc(C)cc1)C1CC1. The number of amides is 1. The minimum absolute atomic E-state index is 0.148. The van der Waals surface area contributed by atoms with Gasteiger partial charge in [0.1, 0.15) is 0 Å². The van der Waals surface area contributed by atoms with E-state index < -0.39 is 0 Å². The molecule has 3 nitrogen and oxygen atoms in total. The van der Waals surface area contributed by atoms with Crippen LogP contribution in [0.3, 0.4) is 0 Å². The largest absolute Gasteiger partial charge is 0.354 e. The van der Waals surface area contributed by atoms with Crippen LogP contribution in [-0.2, 0) is 4.79 Å². The number of hydrogen-bond donors (Lipinski definition) is 2. The Hall–Kier alpha value is -1.35. The fourth-order valence-electron chi connectivity index (χ4n) is 2.55. The fourth-order valence-corrected chi connectivity index (χ4v) is 2.55. The highest BCUT2D eigenvalue weighted by Crippen LogP contribution is 2.40. The van der Waals surface area contributed by atoms with Gasteiger partial charge in [0.2, 0.25) is 5.91 Å². The molecule has 3 heteroatoms. The molecule has 2 unspecified atom stereocenters. The first-order valence-electron chi connectivity index (χ1n) is 8.19. The standard InChI is InChI=1S/C18H28N2O/c1-4-14(3)20-17(21)11-12-19-18(16-9-10-16)15-7-5-13(2)6-8-15/h5-8,14,16,18-19H,4,9-12H2,1-3H3,(H,20,21). The normalized spacial score (nSPS) is 17.3. The van der Waals surface area contributed by atoms with Crippen molar-refractivity contribution in [2.24, 2.45) is 5.92 Å². The quantitative estimate of drug-likeness (QED) is 0.770. The summed E-state index contributed by atoms with van der Waals surface area (Å²) in [5, 5.41) is 6.60. The fraction of sp³-hybridized carbons (Fsp3) is 0.611. The third-order valence-electron chi connectivity index (χ3n) is 4.27. The Morgan fingerprint density at radius 2 is 1.95 bits per heavy atom. The van der Waals surface area contributed by atoms with Crippen LogP contribution in [0.4, 0.5) is 0 Å². The molecule has 1 amide bonds. The van der Waals surface area contributed by atoms with Gasteiger partial charge < -0.3 is 10.6 Å². The van der Waals surface area contributed by atoms with Crippen molar-refractivity contribution in [2.75, 3.05) is 6.54 Å². The molecule has 0 aliphatic heterocycles. The summed E-state index contributed by atoms with van der Waals surface area (Å²) in [5.41, 5.74) is 2.65. The average Bonchev–Trinajstić information content (AvgIpc) is 3.29. The number of nitrogens with one attached hydrogen (secondary N) is 2. The zero-order valence-electron chi connectivity index (χ0n) is 13.5. The highest BCUT2D eigenvalue weighted by Gasteiger charge is 2.31. The molecule has 1 aromatic rings. The molecule has 1 fully saturated rings. The monoisotopic (exact) mass is 288 g/mol. The predicted octanol–water partition coefficient (Wildman–Crippen LogP) is 3.34. The van der Waals surface area contributed by atoms with Crippen LogP contribution in [0.1, 0.15) is 56.7 Å². The Labute approximate surface area is 128 Å². The summed E-state index contributed by atoms with van der Waals surface area (Å²) in [5.74, 6) is 0.889. The van der Waals surface area contributed by atoms with Crippen molar-refractivity contribution in [3.8, 4) is 0 Å².